The minimum absolute atomic E-state index is 0.211. The average Bonchev–Trinajstić information content (AvgIpc) is 3.11. The van der Waals surface area contributed by atoms with Crippen molar-refractivity contribution >= 4 is 28.4 Å². The van der Waals surface area contributed by atoms with Crippen molar-refractivity contribution in [2.75, 3.05) is 43.4 Å². The number of rotatable bonds is 6. The van der Waals surface area contributed by atoms with Crippen LogP contribution >= 0.6 is 0 Å². The summed E-state index contributed by atoms with van der Waals surface area (Å²) in [6.07, 6.45) is 3.07. The molecule has 35 heavy (non-hydrogen) atoms. The van der Waals surface area contributed by atoms with Crippen LogP contribution in [0.2, 0.25) is 0 Å². The van der Waals surface area contributed by atoms with E-state index in [0.29, 0.717) is 17.0 Å². The molecule has 1 aliphatic rings. The monoisotopic (exact) mass is 474 g/mol. The molecule has 0 radical (unpaired) electrons. The van der Waals surface area contributed by atoms with Gasteiger partial charge in [-0.2, -0.15) is 9.37 Å². The molecule has 4 heterocycles. The standard InChI is InChI=1S/C25H27FN8O/c1-4-10-33-24(35)19-16-27-25(30-23(19)34(33)22-7-5-6-21(26)29-22)28-18-8-9-20(17(2)15-18)32-13-11-31(3)12-14-32/h4-9,15-16H,1,10-14H2,2-3H3,(H,27,28,30). The van der Waals surface area contributed by atoms with E-state index in [0.717, 1.165) is 37.4 Å². The zero-order valence-electron chi connectivity index (χ0n) is 19.8. The molecule has 0 saturated carbocycles. The number of aromatic nitrogens is 5. The van der Waals surface area contributed by atoms with Gasteiger partial charge in [0.2, 0.25) is 11.9 Å². The fourth-order valence-electron chi connectivity index (χ4n) is 4.39. The molecule has 0 atom stereocenters. The lowest BCUT2D eigenvalue weighted by Gasteiger charge is -2.35. The Labute approximate surface area is 202 Å². The SMILES string of the molecule is C=CCn1c(=O)c2cnc(Nc3ccc(N4CCN(C)CC4)c(C)c3)nc2n1-c1cccc(F)n1. The third-order valence-corrected chi connectivity index (χ3v) is 6.19. The zero-order valence-corrected chi connectivity index (χ0v) is 19.8. The summed E-state index contributed by atoms with van der Waals surface area (Å²) < 4.78 is 16.8. The van der Waals surface area contributed by atoms with E-state index in [4.69, 9.17) is 0 Å². The Morgan fingerprint density at radius 3 is 2.66 bits per heavy atom. The number of pyridine rings is 1. The van der Waals surface area contributed by atoms with Gasteiger partial charge in [-0.3, -0.25) is 4.79 Å². The highest BCUT2D eigenvalue weighted by Crippen LogP contribution is 2.26. The first-order valence-electron chi connectivity index (χ1n) is 11.5. The molecule has 1 N–H and O–H groups in total. The van der Waals surface area contributed by atoms with Crippen LogP contribution in [-0.2, 0) is 6.54 Å². The zero-order chi connectivity index (χ0) is 24.5. The second-order valence-electron chi connectivity index (χ2n) is 8.65. The van der Waals surface area contributed by atoms with Crippen molar-refractivity contribution < 1.29 is 4.39 Å². The van der Waals surface area contributed by atoms with E-state index in [1.54, 1.807) is 12.1 Å². The van der Waals surface area contributed by atoms with Crippen LogP contribution in [0.15, 0.2) is 60.0 Å². The number of allylic oxidation sites excluding steroid dienone is 1. The number of aryl methyl sites for hydroxylation is 1. The van der Waals surface area contributed by atoms with E-state index in [1.165, 1.54) is 33.4 Å². The predicted octanol–water partition coefficient (Wildman–Crippen LogP) is 3.11. The van der Waals surface area contributed by atoms with Gasteiger partial charge in [0.05, 0.1) is 6.54 Å². The van der Waals surface area contributed by atoms with Crippen LogP contribution in [0.3, 0.4) is 0 Å². The molecule has 1 aliphatic heterocycles. The number of hydrogen-bond donors (Lipinski definition) is 1. The number of likely N-dealkylation sites (N-methyl/N-ethyl adjacent to an activating group) is 1. The maximum atomic E-state index is 13.9. The summed E-state index contributed by atoms with van der Waals surface area (Å²) in [6.45, 7) is 10.1. The summed E-state index contributed by atoms with van der Waals surface area (Å²) in [6, 6.07) is 10.6. The first-order chi connectivity index (χ1) is 16.9. The Morgan fingerprint density at radius 1 is 1.14 bits per heavy atom. The molecule has 0 spiro atoms. The molecule has 180 valence electrons. The topological polar surface area (TPSA) is 84.1 Å². The second kappa shape index (κ2) is 9.30. The summed E-state index contributed by atoms with van der Waals surface area (Å²) >= 11 is 0. The Hall–Kier alpha value is -4.05. The number of piperazine rings is 1. The average molecular weight is 475 g/mol. The maximum absolute atomic E-state index is 13.9. The van der Waals surface area contributed by atoms with E-state index < -0.39 is 5.95 Å². The highest BCUT2D eigenvalue weighted by atomic mass is 19.1. The van der Waals surface area contributed by atoms with E-state index >= 15 is 0 Å². The Balaban J connectivity index is 1.50. The fourth-order valence-corrected chi connectivity index (χ4v) is 4.39. The molecule has 3 aromatic heterocycles. The Bertz CT molecular complexity index is 1450. The van der Waals surface area contributed by atoms with Gasteiger partial charge in [-0.1, -0.05) is 12.1 Å². The van der Waals surface area contributed by atoms with Gasteiger partial charge in [0.15, 0.2) is 11.5 Å². The molecule has 5 rings (SSSR count). The molecule has 4 aromatic rings. The van der Waals surface area contributed by atoms with Gasteiger partial charge in [-0.25, -0.2) is 19.3 Å². The van der Waals surface area contributed by atoms with Crippen molar-refractivity contribution in [1.82, 2.24) is 29.2 Å². The van der Waals surface area contributed by atoms with E-state index in [2.05, 4.69) is 62.8 Å². The summed E-state index contributed by atoms with van der Waals surface area (Å²) in [5.74, 6) is -0.0774. The van der Waals surface area contributed by atoms with Gasteiger partial charge >= 0.3 is 0 Å². The van der Waals surface area contributed by atoms with Crippen molar-refractivity contribution in [1.29, 1.82) is 0 Å². The van der Waals surface area contributed by atoms with Gasteiger partial charge in [-0.15, -0.1) is 6.58 Å². The van der Waals surface area contributed by atoms with Gasteiger partial charge in [-0.05, 0) is 49.9 Å². The van der Waals surface area contributed by atoms with Crippen molar-refractivity contribution in [3.8, 4) is 5.82 Å². The lowest BCUT2D eigenvalue weighted by molar-refractivity contribution is 0.312. The number of benzene rings is 1. The summed E-state index contributed by atoms with van der Waals surface area (Å²) in [4.78, 5) is 30.6. The van der Waals surface area contributed by atoms with E-state index in [9.17, 15) is 9.18 Å². The lowest BCUT2D eigenvalue weighted by Crippen LogP contribution is -2.44. The number of nitrogens with one attached hydrogen (secondary N) is 1. The molecular formula is C25H27FN8O. The van der Waals surface area contributed by atoms with E-state index in [1.807, 2.05) is 6.07 Å². The maximum Gasteiger partial charge on any atom is 0.278 e. The number of nitrogens with zero attached hydrogens (tertiary/aromatic N) is 7. The normalized spacial score (nSPS) is 14.4. The number of hydrogen-bond acceptors (Lipinski definition) is 7. The Kier molecular flexibility index (Phi) is 6.04. The summed E-state index contributed by atoms with van der Waals surface area (Å²) in [5.41, 5.74) is 3.23. The van der Waals surface area contributed by atoms with Crippen molar-refractivity contribution in [3.05, 3.63) is 77.1 Å². The van der Waals surface area contributed by atoms with Crippen LogP contribution in [0.5, 0.6) is 0 Å². The lowest BCUT2D eigenvalue weighted by atomic mass is 10.1. The predicted molar refractivity (Wildman–Crippen MR) is 135 cm³/mol. The van der Waals surface area contributed by atoms with Crippen LogP contribution < -0.4 is 15.8 Å². The fraction of sp³-hybridized carbons (Fsp3) is 0.280. The molecule has 10 heteroatoms. The van der Waals surface area contributed by atoms with Gasteiger partial charge in [0, 0.05) is 43.8 Å². The third kappa shape index (κ3) is 4.40. The first kappa shape index (κ1) is 22.7. The molecule has 0 unspecified atom stereocenters. The molecule has 0 bridgehead atoms. The quantitative estimate of drug-likeness (QED) is 0.340. The van der Waals surface area contributed by atoms with Crippen molar-refractivity contribution in [2.45, 2.75) is 13.5 Å². The highest BCUT2D eigenvalue weighted by Gasteiger charge is 2.19. The molecule has 1 aromatic carbocycles. The summed E-state index contributed by atoms with van der Waals surface area (Å²) in [7, 11) is 2.14. The third-order valence-electron chi connectivity index (χ3n) is 6.19. The van der Waals surface area contributed by atoms with Crippen LogP contribution in [-0.4, -0.2) is 62.4 Å². The van der Waals surface area contributed by atoms with Gasteiger partial charge in [0.1, 0.15) is 5.39 Å². The van der Waals surface area contributed by atoms with Crippen molar-refractivity contribution in [2.24, 2.45) is 0 Å². The van der Waals surface area contributed by atoms with Crippen LogP contribution in [0.4, 0.5) is 21.7 Å². The number of fused-ring (bicyclic) bond motifs is 1. The molecule has 1 fully saturated rings. The molecule has 0 aliphatic carbocycles. The van der Waals surface area contributed by atoms with E-state index in [-0.39, 0.29) is 17.9 Å². The molecule has 1 saturated heterocycles. The van der Waals surface area contributed by atoms with Gasteiger partial charge in [0.25, 0.3) is 5.56 Å². The highest BCUT2D eigenvalue weighted by molar-refractivity contribution is 5.77. The van der Waals surface area contributed by atoms with Gasteiger partial charge < -0.3 is 15.1 Å². The minimum atomic E-state index is -0.648. The summed E-state index contributed by atoms with van der Waals surface area (Å²) in [5, 5.41) is 3.55. The van der Waals surface area contributed by atoms with Crippen molar-refractivity contribution in [3.63, 3.8) is 0 Å². The van der Waals surface area contributed by atoms with Crippen LogP contribution in [0, 0.1) is 12.9 Å². The number of anilines is 3. The van der Waals surface area contributed by atoms with Crippen LogP contribution in [0.25, 0.3) is 16.9 Å². The first-order valence-corrected chi connectivity index (χ1v) is 11.5. The van der Waals surface area contributed by atoms with Crippen LogP contribution in [0.1, 0.15) is 5.56 Å². The molecule has 0 amide bonds. The smallest absolute Gasteiger partial charge is 0.278 e. The molecule has 9 nitrogen and oxygen atoms in total. The largest absolute Gasteiger partial charge is 0.369 e. The second-order valence-corrected chi connectivity index (χ2v) is 8.65. The Morgan fingerprint density at radius 2 is 1.94 bits per heavy atom. The number of halogens is 1. The molecular weight excluding hydrogens is 447 g/mol. The minimum Gasteiger partial charge on any atom is -0.369 e.